The molecule has 8 heteroatoms. The van der Waals surface area contributed by atoms with Crippen molar-refractivity contribution in [2.75, 3.05) is 51.3 Å². The van der Waals surface area contributed by atoms with Gasteiger partial charge in [-0.1, -0.05) is 54.1 Å². The van der Waals surface area contributed by atoms with Crippen LogP contribution in [-0.2, 0) is 16.6 Å². The van der Waals surface area contributed by atoms with E-state index in [1.54, 1.807) is 11.7 Å². The number of halogens is 1. The number of amides is 1. The number of aryl methyl sites for hydroxylation is 2. The molecular formula is C26H32ClN5O2. The number of nitrogens with one attached hydrogen (secondary N) is 1. The van der Waals surface area contributed by atoms with Gasteiger partial charge in [-0.2, -0.15) is 5.10 Å². The SMILES string of the molecule is Cc1cc(NC(=O)COCCN2CCN(C(c3ccccc3)c3ccc(Cl)cc3)CC2)n(C)n1. The van der Waals surface area contributed by atoms with Gasteiger partial charge in [0.05, 0.1) is 18.3 Å². The molecule has 1 amide bonds. The lowest BCUT2D eigenvalue weighted by Crippen LogP contribution is -2.48. The van der Waals surface area contributed by atoms with E-state index >= 15 is 0 Å². The van der Waals surface area contributed by atoms with Gasteiger partial charge in [0, 0.05) is 50.9 Å². The Balaban J connectivity index is 1.24. The predicted octanol–water partition coefficient (Wildman–Crippen LogP) is 3.74. The first-order valence-corrected chi connectivity index (χ1v) is 12.0. The van der Waals surface area contributed by atoms with Crippen molar-refractivity contribution in [2.45, 2.75) is 13.0 Å². The Morgan fingerprint density at radius 1 is 1.06 bits per heavy atom. The number of carbonyl (C=O) groups excluding carboxylic acids is 1. The molecule has 1 aliphatic heterocycles. The summed E-state index contributed by atoms with van der Waals surface area (Å²) in [5, 5.41) is 7.81. The second-order valence-electron chi connectivity index (χ2n) is 8.64. The molecule has 0 saturated carbocycles. The Bertz CT molecular complexity index is 1060. The standard InChI is InChI=1S/C26H32ClN5O2/c1-20-18-24(30(2)29-20)28-25(33)19-34-17-16-31-12-14-32(15-13-31)26(21-6-4-3-5-7-21)22-8-10-23(27)11-9-22/h3-11,18,26H,12-17,19H2,1-2H3,(H,28,33). The molecule has 0 bridgehead atoms. The number of ether oxygens (including phenoxy) is 1. The fraction of sp³-hybridized carbons (Fsp3) is 0.385. The van der Waals surface area contributed by atoms with Gasteiger partial charge in [0.2, 0.25) is 0 Å². The van der Waals surface area contributed by atoms with Crippen molar-refractivity contribution >= 4 is 23.3 Å². The minimum Gasteiger partial charge on any atom is -0.370 e. The summed E-state index contributed by atoms with van der Waals surface area (Å²) >= 11 is 6.13. The number of hydrogen-bond acceptors (Lipinski definition) is 5. The van der Waals surface area contributed by atoms with E-state index < -0.39 is 0 Å². The number of aromatic nitrogens is 2. The second kappa shape index (κ2) is 11.6. The minimum atomic E-state index is -0.165. The summed E-state index contributed by atoms with van der Waals surface area (Å²) in [6.07, 6.45) is 0. The number of anilines is 1. The summed E-state index contributed by atoms with van der Waals surface area (Å²) in [6.45, 7) is 7.10. The quantitative estimate of drug-likeness (QED) is 0.472. The van der Waals surface area contributed by atoms with Crippen molar-refractivity contribution in [3.05, 3.63) is 82.5 Å². The Morgan fingerprint density at radius 3 is 2.38 bits per heavy atom. The lowest BCUT2D eigenvalue weighted by molar-refractivity contribution is -0.120. The van der Waals surface area contributed by atoms with Crippen molar-refractivity contribution in [1.29, 1.82) is 0 Å². The van der Waals surface area contributed by atoms with E-state index in [1.165, 1.54) is 11.1 Å². The fourth-order valence-electron chi connectivity index (χ4n) is 4.40. The molecule has 0 aliphatic carbocycles. The van der Waals surface area contributed by atoms with E-state index in [2.05, 4.69) is 62.7 Å². The van der Waals surface area contributed by atoms with Gasteiger partial charge in [0.1, 0.15) is 12.4 Å². The smallest absolute Gasteiger partial charge is 0.251 e. The maximum Gasteiger partial charge on any atom is 0.251 e. The summed E-state index contributed by atoms with van der Waals surface area (Å²) in [5.41, 5.74) is 3.40. The summed E-state index contributed by atoms with van der Waals surface area (Å²) in [7, 11) is 1.80. The van der Waals surface area contributed by atoms with Crippen molar-refractivity contribution in [3.8, 4) is 0 Å². The van der Waals surface area contributed by atoms with Crippen LogP contribution in [0.2, 0.25) is 5.02 Å². The topological polar surface area (TPSA) is 62.6 Å². The van der Waals surface area contributed by atoms with E-state index in [0.29, 0.717) is 12.4 Å². The van der Waals surface area contributed by atoms with Crippen LogP contribution in [0.25, 0.3) is 0 Å². The highest BCUT2D eigenvalue weighted by Crippen LogP contribution is 2.30. The number of rotatable bonds is 9. The molecule has 2 heterocycles. The number of carbonyl (C=O) groups is 1. The van der Waals surface area contributed by atoms with Crippen LogP contribution in [0.15, 0.2) is 60.7 Å². The fourth-order valence-corrected chi connectivity index (χ4v) is 4.53. The molecule has 3 aromatic rings. The van der Waals surface area contributed by atoms with E-state index in [9.17, 15) is 4.79 Å². The van der Waals surface area contributed by atoms with Crippen LogP contribution in [0.5, 0.6) is 0 Å². The largest absolute Gasteiger partial charge is 0.370 e. The molecule has 1 atom stereocenters. The highest BCUT2D eigenvalue weighted by atomic mass is 35.5. The molecule has 1 aliphatic rings. The van der Waals surface area contributed by atoms with Crippen LogP contribution in [0.1, 0.15) is 22.9 Å². The highest BCUT2D eigenvalue weighted by Gasteiger charge is 2.26. The van der Waals surface area contributed by atoms with Crippen molar-refractivity contribution < 1.29 is 9.53 Å². The van der Waals surface area contributed by atoms with Gasteiger partial charge in [-0.15, -0.1) is 0 Å². The zero-order valence-corrected chi connectivity index (χ0v) is 20.5. The molecule has 2 aromatic carbocycles. The lowest BCUT2D eigenvalue weighted by Gasteiger charge is -2.39. The first-order chi connectivity index (χ1) is 16.5. The molecule has 1 unspecified atom stereocenters. The normalized spacial score (nSPS) is 15.9. The summed E-state index contributed by atoms with van der Waals surface area (Å²) < 4.78 is 7.28. The van der Waals surface area contributed by atoms with Gasteiger partial charge in [0.25, 0.3) is 5.91 Å². The predicted molar refractivity (Wildman–Crippen MR) is 135 cm³/mol. The number of hydrogen-bond donors (Lipinski definition) is 1. The third kappa shape index (κ3) is 6.45. The Hall–Kier alpha value is -2.71. The first kappa shape index (κ1) is 24.4. The van der Waals surface area contributed by atoms with E-state index in [1.807, 2.05) is 25.1 Å². The molecule has 180 valence electrons. The first-order valence-electron chi connectivity index (χ1n) is 11.6. The molecule has 1 N–H and O–H groups in total. The number of piperazine rings is 1. The maximum atomic E-state index is 12.1. The second-order valence-corrected chi connectivity index (χ2v) is 9.07. The average Bonchev–Trinajstić information content (AvgIpc) is 3.16. The molecular weight excluding hydrogens is 450 g/mol. The highest BCUT2D eigenvalue weighted by molar-refractivity contribution is 6.30. The van der Waals surface area contributed by atoms with Crippen molar-refractivity contribution in [1.82, 2.24) is 19.6 Å². The zero-order valence-electron chi connectivity index (χ0n) is 19.8. The summed E-state index contributed by atoms with van der Waals surface area (Å²) in [5.74, 6) is 0.511. The molecule has 34 heavy (non-hydrogen) atoms. The van der Waals surface area contributed by atoms with Gasteiger partial charge in [-0.3, -0.25) is 19.3 Å². The number of benzene rings is 2. The minimum absolute atomic E-state index is 0.0385. The zero-order chi connectivity index (χ0) is 23.9. The van der Waals surface area contributed by atoms with Gasteiger partial charge >= 0.3 is 0 Å². The Kier molecular flexibility index (Phi) is 8.34. The van der Waals surface area contributed by atoms with Gasteiger partial charge in [0.15, 0.2) is 0 Å². The molecule has 1 fully saturated rings. The lowest BCUT2D eigenvalue weighted by atomic mass is 9.96. The van der Waals surface area contributed by atoms with Gasteiger partial charge in [-0.25, -0.2) is 0 Å². The van der Waals surface area contributed by atoms with Crippen LogP contribution < -0.4 is 5.32 Å². The van der Waals surface area contributed by atoms with Crippen LogP contribution in [-0.4, -0.2) is 71.4 Å². The molecule has 0 radical (unpaired) electrons. The summed E-state index contributed by atoms with van der Waals surface area (Å²) in [6, 6.07) is 20.8. The maximum absolute atomic E-state index is 12.1. The van der Waals surface area contributed by atoms with Crippen LogP contribution in [0, 0.1) is 6.92 Å². The van der Waals surface area contributed by atoms with Crippen LogP contribution in [0.3, 0.4) is 0 Å². The van der Waals surface area contributed by atoms with Crippen LogP contribution >= 0.6 is 11.6 Å². The van der Waals surface area contributed by atoms with E-state index in [-0.39, 0.29) is 18.6 Å². The average molecular weight is 482 g/mol. The number of nitrogens with zero attached hydrogens (tertiary/aromatic N) is 4. The Morgan fingerprint density at radius 2 is 1.74 bits per heavy atom. The third-order valence-corrected chi connectivity index (χ3v) is 6.38. The Labute approximate surface area is 206 Å². The molecule has 1 aromatic heterocycles. The summed E-state index contributed by atoms with van der Waals surface area (Å²) in [4.78, 5) is 17.0. The van der Waals surface area contributed by atoms with Gasteiger partial charge in [-0.05, 0) is 30.2 Å². The van der Waals surface area contributed by atoms with Crippen molar-refractivity contribution in [3.63, 3.8) is 0 Å². The molecule has 0 spiro atoms. The molecule has 7 nitrogen and oxygen atoms in total. The molecule has 1 saturated heterocycles. The van der Waals surface area contributed by atoms with Crippen LogP contribution in [0.4, 0.5) is 5.82 Å². The monoisotopic (exact) mass is 481 g/mol. The van der Waals surface area contributed by atoms with Gasteiger partial charge < -0.3 is 10.1 Å². The van der Waals surface area contributed by atoms with E-state index in [4.69, 9.17) is 16.3 Å². The van der Waals surface area contributed by atoms with E-state index in [0.717, 1.165) is 43.4 Å². The molecule has 4 rings (SSSR count). The van der Waals surface area contributed by atoms with Crippen molar-refractivity contribution in [2.24, 2.45) is 7.05 Å². The third-order valence-electron chi connectivity index (χ3n) is 6.13.